The second kappa shape index (κ2) is 14.6. The van der Waals surface area contributed by atoms with Crippen molar-refractivity contribution in [1.29, 1.82) is 0 Å². The number of carbonyl (C=O) groups is 2. The Balaban J connectivity index is 1.81. The first kappa shape index (κ1) is 33.6. The van der Waals surface area contributed by atoms with Crippen molar-refractivity contribution in [3.63, 3.8) is 0 Å². The third-order valence-electron chi connectivity index (χ3n) is 7.01. The molecule has 0 bridgehead atoms. The van der Waals surface area contributed by atoms with Crippen molar-refractivity contribution < 1.29 is 22.7 Å². The van der Waals surface area contributed by atoms with Crippen molar-refractivity contribution >= 4 is 39.1 Å². The first-order valence-corrected chi connectivity index (χ1v) is 16.3. The maximum atomic E-state index is 14.5. The molecule has 4 rings (SSSR count). The number of amides is 2. The molecule has 45 heavy (non-hydrogen) atoms. The Labute approximate surface area is 270 Å². The predicted molar refractivity (Wildman–Crippen MR) is 178 cm³/mol. The van der Waals surface area contributed by atoms with Crippen LogP contribution in [0.5, 0.6) is 5.75 Å². The minimum atomic E-state index is -4.19. The zero-order valence-electron chi connectivity index (χ0n) is 25.8. The molecular weight excluding hydrogens is 610 g/mol. The van der Waals surface area contributed by atoms with Gasteiger partial charge in [-0.15, -0.1) is 0 Å². The number of methoxy groups -OCH3 is 1. The van der Waals surface area contributed by atoms with E-state index in [0.717, 1.165) is 15.4 Å². The predicted octanol–water partition coefficient (Wildman–Crippen LogP) is 6.10. The number of anilines is 1. The maximum Gasteiger partial charge on any atom is 0.264 e. The van der Waals surface area contributed by atoms with Crippen LogP contribution in [0.4, 0.5) is 5.69 Å². The molecule has 4 aromatic rings. The van der Waals surface area contributed by atoms with E-state index in [-0.39, 0.29) is 29.5 Å². The molecule has 0 unspecified atom stereocenters. The summed E-state index contributed by atoms with van der Waals surface area (Å²) in [6.45, 7) is 5.10. The topological polar surface area (TPSA) is 96.0 Å². The molecule has 2 amide bonds. The highest BCUT2D eigenvalue weighted by Crippen LogP contribution is 2.27. The van der Waals surface area contributed by atoms with Crippen LogP contribution >= 0.6 is 11.6 Å². The Kier molecular flexibility index (Phi) is 10.9. The molecule has 4 aromatic carbocycles. The van der Waals surface area contributed by atoms with Crippen molar-refractivity contribution in [2.24, 2.45) is 0 Å². The fraction of sp³-hybridized carbons (Fsp3) is 0.257. The summed E-state index contributed by atoms with van der Waals surface area (Å²) in [5.41, 5.74) is 1.28. The normalized spacial score (nSPS) is 12.2. The molecule has 0 aliphatic heterocycles. The Morgan fingerprint density at radius 1 is 0.822 bits per heavy atom. The second-order valence-electron chi connectivity index (χ2n) is 11.6. The summed E-state index contributed by atoms with van der Waals surface area (Å²) in [6.07, 6.45) is 0.218. The zero-order valence-corrected chi connectivity index (χ0v) is 27.4. The zero-order chi connectivity index (χ0) is 32.6. The first-order valence-electron chi connectivity index (χ1n) is 14.5. The quantitative estimate of drug-likeness (QED) is 0.201. The van der Waals surface area contributed by atoms with Crippen molar-refractivity contribution in [2.75, 3.05) is 18.0 Å². The Bertz CT molecular complexity index is 1680. The van der Waals surface area contributed by atoms with Gasteiger partial charge in [0.2, 0.25) is 11.8 Å². The lowest BCUT2D eigenvalue weighted by Crippen LogP contribution is -2.56. The number of nitrogens with zero attached hydrogens (tertiary/aromatic N) is 2. The fourth-order valence-corrected chi connectivity index (χ4v) is 6.35. The van der Waals surface area contributed by atoms with Gasteiger partial charge in [0.1, 0.15) is 18.3 Å². The highest BCUT2D eigenvalue weighted by Gasteiger charge is 2.35. The van der Waals surface area contributed by atoms with Gasteiger partial charge < -0.3 is 15.0 Å². The van der Waals surface area contributed by atoms with Gasteiger partial charge in [0.15, 0.2) is 0 Å². The lowest BCUT2D eigenvalue weighted by Gasteiger charge is -2.35. The van der Waals surface area contributed by atoms with E-state index in [1.807, 2.05) is 51.1 Å². The largest absolute Gasteiger partial charge is 0.497 e. The molecule has 0 aliphatic rings. The number of benzene rings is 4. The van der Waals surface area contributed by atoms with E-state index in [0.29, 0.717) is 10.8 Å². The molecule has 0 aromatic heterocycles. The molecule has 0 saturated carbocycles. The maximum absolute atomic E-state index is 14.5. The Hall–Kier alpha value is -4.34. The van der Waals surface area contributed by atoms with Crippen LogP contribution in [-0.2, 0) is 32.6 Å². The van der Waals surface area contributed by atoms with E-state index in [9.17, 15) is 18.0 Å². The van der Waals surface area contributed by atoms with Crippen LogP contribution in [0.15, 0.2) is 114 Å². The molecule has 1 N–H and O–H groups in total. The smallest absolute Gasteiger partial charge is 0.264 e. The van der Waals surface area contributed by atoms with Crippen LogP contribution in [0.25, 0.3) is 0 Å². The number of rotatable bonds is 12. The van der Waals surface area contributed by atoms with Crippen molar-refractivity contribution in [3.8, 4) is 5.75 Å². The van der Waals surface area contributed by atoms with Crippen LogP contribution < -0.4 is 14.4 Å². The van der Waals surface area contributed by atoms with Crippen LogP contribution in [0, 0.1) is 0 Å². The van der Waals surface area contributed by atoms with Gasteiger partial charge in [0.25, 0.3) is 10.0 Å². The number of hydrogen-bond acceptors (Lipinski definition) is 5. The van der Waals surface area contributed by atoms with E-state index in [2.05, 4.69) is 5.32 Å². The fourth-order valence-electron chi connectivity index (χ4n) is 4.79. The van der Waals surface area contributed by atoms with Crippen molar-refractivity contribution in [3.05, 3.63) is 125 Å². The van der Waals surface area contributed by atoms with Gasteiger partial charge in [0.05, 0.1) is 17.7 Å². The number of hydrogen-bond donors (Lipinski definition) is 1. The molecule has 0 aliphatic carbocycles. The van der Waals surface area contributed by atoms with Crippen LogP contribution in [0.2, 0.25) is 5.02 Å². The molecule has 8 nitrogen and oxygen atoms in total. The summed E-state index contributed by atoms with van der Waals surface area (Å²) < 4.78 is 34.4. The van der Waals surface area contributed by atoms with E-state index in [4.69, 9.17) is 16.3 Å². The van der Waals surface area contributed by atoms with Gasteiger partial charge >= 0.3 is 0 Å². The number of carbonyl (C=O) groups excluding carboxylic acids is 2. The Morgan fingerprint density at radius 2 is 1.40 bits per heavy atom. The molecule has 1 atom stereocenters. The third-order valence-corrected chi connectivity index (χ3v) is 9.05. The highest BCUT2D eigenvalue weighted by molar-refractivity contribution is 7.92. The monoisotopic (exact) mass is 647 g/mol. The van der Waals surface area contributed by atoms with Gasteiger partial charge in [-0.1, -0.05) is 72.3 Å². The third kappa shape index (κ3) is 9.09. The van der Waals surface area contributed by atoms with Crippen LogP contribution in [0.1, 0.15) is 31.9 Å². The minimum Gasteiger partial charge on any atom is -0.497 e. The molecule has 0 spiro atoms. The lowest BCUT2D eigenvalue weighted by molar-refractivity contribution is -0.140. The summed E-state index contributed by atoms with van der Waals surface area (Å²) >= 11 is 6.14. The van der Waals surface area contributed by atoms with Crippen molar-refractivity contribution in [2.45, 2.75) is 50.2 Å². The van der Waals surface area contributed by atoms with Crippen LogP contribution in [-0.4, -0.2) is 50.4 Å². The summed E-state index contributed by atoms with van der Waals surface area (Å²) in [5, 5.41) is 3.55. The van der Waals surface area contributed by atoms with E-state index >= 15 is 0 Å². The van der Waals surface area contributed by atoms with Crippen LogP contribution in [0.3, 0.4) is 0 Å². The van der Waals surface area contributed by atoms with E-state index < -0.39 is 34.1 Å². The standard InChI is InChI=1S/C35H38ClN3O5S/c1-35(2,3)37-34(41)32(23-26-11-7-5-8-12-26)38(24-27-15-17-28(36)18-16-27)33(40)25-39(29-19-21-30(44-4)22-20-29)45(42,43)31-13-9-6-10-14-31/h5-22,32H,23-25H2,1-4H3,(H,37,41)/t32-/m1/s1. The van der Waals surface area contributed by atoms with Gasteiger partial charge in [-0.05, 0) is 80.4 Å². The average molecular weight is 648 g/mol. The summed E-state index contributed by atoms with van der Waals surface area (Å²) in [5.74, 6) is -0.367. The summed E-state index contributed by atoms with van der Waals surface area (Å²) in [7, 11) is -2.67. The molecule has 0 heterocycles. The first-order chi connectivity index (χ1) is 21.4. The SMILES string of the molecule is COc1ccc(N(CC(=O)N(Cc2ccc(Cl)cc2)[C@H](Cc2ccccc2)C(=O)NC(C)(C)C)S(=O)(=O)c2ccccc2)cc1. The highest BCUT2D eigenvalue weighted by atomic mass is 35.5. The molecule has 0 saturated heterocycles. The molecule has 0 radical (unpaired) electrons. The van der Waals surface area contributed by atoms with Gasteiger partial charge in [-0.3, -0.25) is 13.9 Å². The van der Waals surface area contributed by atoms with Gasteiger partial charge in [-0.25, -0.2) is 8.42 Å². The van der Waals surface area contributed by atoms with Crippen molar-refractivity contribution in [1.82, 2.24) is 10.2 Å². The Morgan fingerprint density at radius 3 is 1.96 bits per heavy atom. The second-order valence-corrected chi connectivity index (χ2v) is 13.9. The van der Waals surface area contributed by atoms with E-state index in [1.54, 1.807) is 66.7 Å². The lowest BCUT2D eigenvalue weighted by atomic mass is 10.0. The number of ether oxygens (including phenoxy) is 1. The van der Waals surface area contributed by atoms with E-state index in [1.165, 1.54) is 24.1 Å². The molecule has 10 heteroatoms. The number of nitrogens with one attached hydrogen (secondary N) is 1. The number of halogens is 1. The molecule has 0 fully saturated rings. The minimum absolute atomic E-state index is 0.0316. The van der Waals surface area contributed by atoms with Gasteiger partial charge in [0, 0.05) is 23.5 Å². The average Bonchev–Trinajstić information content (AvgIpc) is 3.02. The van der Waals surface area contributed by atoms with Gasteiger partial charge in [-0.2, -0.15) is 0 Å². The molecular formula is C35H38ClN3O5S. The summed E-state index contributed by atoms with van der Waals surface area (Å²) in [6, 6.07) is 29.8. The summed E-state index contributed by atoms with van der Waals surface area (Å²) in [4.78, 5) is 29.9. The molecule has 236 valence electrons. The number of sulfonamides is 1.